The lowest BCUT2D eigenvalue weighted by Crippen LogP contribution is -2.48. The summed E-state index contributed by atoms with van der Waals surface area (Å²) in [7, 11) is 1.32. The lowest BCUT2D eigenvalue weighted by atomic mass is 10.2. The zero-order valence-corrected chi connectivity index (χ0v) is 11.6. The van der Waals surface area contributed by atoms with Crippen LogP contribution in [0.3, 0.4) is 0 Å². The van der Waals surface area contributed by atoms with Gasteiger partial charge in [0.25, 0.3) is 0 Å². The van der Waals surface area contributed by atoms with Gasteiger partial charge in [-0.1, -0.05) is 6.07 Å². The highest BCUT2D eigenvalue weighted by molar-refractivity contribution is 7.09. The van der Waals surface area contributed by atoms with Gasteiger partial charge in [-0.2, -0.15) is 0 Å². The fourth-order valence-electron chi connectivity index (χ4n) is 1.99. The van der Waals surface area contributed by atoms with Gasteiger partial charge in [0, 0.05) is 17.8 Å². The van der Waals surface area contributed by atoms with Crippen molar-refractivity contribution in [3.05, 3.63) is 22.4 Å². The molecule has 2 heterocycles. The van der Waals surface area contributed by atoms with Crippen molar-refractivity contribution in [3.63, 3.8) is 0 Å². The van der Waals surface area contributed by atoms with E-state index in [2.05, 4.69) is 4.74 Å². The van der Waals surface area contributed by atoms with E-state index in [9.17, 15) is 9.59 Å². The first kappa shape index (κ1) is 14.0. The maximum absolute atomic E-state index is 12.1. The molecule has 0 radical (unpaired) electrons. The maximum atomic E-state index is 12.1. The third-order valence-corrected chi connectivity index (χ3v) is 3.98. The summed E-state index contributed by atoms with van der Waals surface area (Å²) in [6, 6.07) is 4.00. The Kier molecular flexibility index (Phi) is 4.93. The Bertz CT molecular complexity index is 432. The normalized spacial score (nSPS) is 19.2. The van der Waals surface area contributed by atoms with E-state index >= 15 is 0 Å². The largest absolute Gasteiger partial charge is 0.467 e. The van der Waals surface area contributed by atoms with E-state index in [1.54, 1.807) is 16.2 Å². The summed E-state index contributed by atoms with van der Waals surface area (Å²) in [6.07, 6.45) is 0.565. The van der Waals surface area contributed by atoms with Crippen LogP contribution in [0.1, 0.15) is 11.3 Å². The maximum Gasteiger partial charge on any atom is 0.336 e. The third kappa shape index (κ3) is 3.78. The second kappa shape index (κ2) is 6.68. The van der Waals surface area contributed by atoms with Crippen LogP contribution in [0.25, 0.3) is 0 Å². The number of carbonyl (C=O) groups excluding carboxylic acids is 2. The molecule has 0 saturated carbocycles. The Balaban J connectivity index is 1.83. The molecule has 1 aliphatic rings. The van der Waals surface area contributed by atoms with Crippen LogP contribution in [0.4, 0.5) is 0 Å². The van der Waals surface area contributed by atoms with E-state index in [-0.39, 0.29) is 12.5 Å². The summed E-state index contributed by atoms with van der Waals surface area (Å²) in [5.41, 5.74) is 0. The molecule has 104 valence electrons. The van der Waals surface area contributed by atoms with Crippen LogP contribution in [0.15, 0.2) is 17.5 Å². The summed E-state index contributed by atoms with van der Waals surface area (Å²) in [5.74, 6) is -0.360. The molecule has 1 amide bonds. The SMILES string of the molecule is COC(=O)C1CN(C(=O)CCc2cccs2)CCO1. The molecule has 0 aliphatic carbocycles. The number of aryl methyl sites for hydroxylation is 1. The van der Waals surface area contributed by atoms with E-state index in [0.717, 1.165) is 6.42 Å². The minimum absolute atomic E-state index is 0.0607. The average Bonchev–Trinajstić information content (AvgIpc) is 2.97. The topological polar surface area (TPSA) is 55.8 Å². The predicted octanol–water partition coefficient (Wildman–Crippen LogP) is 1.08. The standard InChI is InChI=1S/C13H17NO4S/c1-17-13(16)11-9-14(6-7-18-11)12(15)5-4-10-3-2-8-19-10/h2-3,8,11H,4-7,9H2,1H3. The van der Waals surface area contributed by atoms with Crippen LogP contribution in [0.5, 0.6) is 0 Å². The van der Waals surface area contributed by atoms with Gasteiger partial charge in [-0.25, -0.2) is 4.79 Å². The molecular weight excluding hydrogens is 266 g/mol. The summed E-state index contributed by atoms with van der Waals surface area (Å²) >= 11 is 1.65. The molecule has 5 nitrogen and oxygen atoms in total. The summed E-state index contributed by atoms with van der Waals surface area (Å²) in [5, 5.41) is 2.00. The average molecular weight is 283 g/mol. The quantitative estimate of drug-likeness (QED) is 0.776. The highest BCUT2D eigenvalue weighted by atomic mass is 32.1. The van der Waals surface area contributed by atoms with Crippen molar-refractivity contribution in [2.24, 2.45) is 0 Å². The number of methoxy groups -OCH3 is 1. The van der Waals surface area contributed by atoms with Gasteiger partial charge in [-0.05, 0) is 17.9 Å². The van der Waals surface area contributed by atoms with Crippen LogP contribution in [0.2, 0.25) is 0 Å². The van der Waals surface area contributed by atoms with Crippen molar-refractivity contribution in [2.45, 2.75) is 18.9 Å². The zero-order chi connectivity index (χ0) is 13.7. The molecule has 6 heteroatoms. The molecule has 0 N–H and O–H groups in total. The molecule has 1 unspecified atom stereocenters. The van der Waals surface area contributed by atoms with Crippen molar-refractivity contribution in [1.29, 1.82) is 0 Å². The van der Waals surface area contributed by atoms with Gasteiger partial charge < -0.3 is 14.4 Å². The number of esters is 1. The first-order chi connectivity index (χ1) is 9.20. The first-order valence-corrected chi connectivity index (χ1v) is 7.08. The monoisotopic (exact) mass is 283 g/mol. The molecule has 1 aromatic heterocycles. The van der Waals surface area contributed by atoms with Gasteiger partial charge in [-0.3, -0.25) is 4.79 Å². The molecule has 1 aliphatic heterocycles. The van der Waals surface area contributed by atoms with Crippen LogP contribution in [0, 0.1) is 0 Å². The summed E-state index contributed by atoms with van der Waals surface area (Å²) < 4.78 is 9.93. The second-order valence-electron chi connectivity index (χ2n) is 4.30. The molecule has 0 aromatic carbocycles. The first-order valence-electron chi connectivity index (χ1n) is 6.20. The Morgan fingerprint density at radius 1 is 1.58 bits per heavy atom. The van der Waals surface area contributed by atoms with Crippen molar-refractivity contribution < 1.29 is 19.1 Å². The molecule has 1 fully saturated rings. The number of nitrogens with zero attached hydrogens (tertiary/aromatic N) is 1. The minimum atomic E-state index is -0.649. The number of morpholine rings is 1. The van der Waals surface area contributed by atoms with Gasteiger partial charge in [-0.15, -0.1) is 11.3 Å². The van der Waals surface area contributed by atoms with E-state index in [4.69, 9.17) is 4.74 Å². The van der Waals surface area contributed by atoms with Crippen LogP contribution in [-0.2, 0) is 25.5 Å². The fourth-order valence-corrected chi connectivity index (χ4v) is 2.70. The number of thiophene rings is 1. The highest BCUT2D eigenvalue weighted by Gasteiger charge is 2.29. The van der Waals surface area contributed by atoms with Gasteiger partial charge in [0.05, 0.1) is 20.3 Å². The van der Waals surface area contributed by atoms with Gasteiger partial charge in [0.2, 0.25) is 5.91 Å². The van der Waals surface area contributed by atoms with Crippen molar-refractivity contribution in [2.75, 3.05) is 26.8 Å². The van der Waals surface area contributed by atoms with Crippen LogP contribution >= 0.6 is 11.3 Å². The third-order valence-electron chi connectivity index (χ3n) is 3.05. The molecule has 19 heavy (non-hydrogen) atoms. The number of rotatable bonds is 4. The number of hydrogen-bond acceptors (Lipinski definition) is 5. The number of hydrogen-bond donors (Lipinski definition) is 0. The van der Waals surface area contributed by atoms with E-state index in [1.807, 2.05) is 17.5 Å². The van der Waals surface area contributed by atoms with Crippen molar-refractivity contribution in [1.82, 2.24) is 4.90 Å². The summed E-state index contributed by atoms with van der Waals surface area (Å²) in [4.78, 5) is 26.3. The minimum Gasteiger partial charge on any atom is -0.467 e. The van der Waals surface area contributed by atoms with Gasteiger partial charge >= 0.3 is 5.97 Å². The Morgan fingerprint density at radius 2 is 2.42 bits per heavy atom. The Morgan fingerprint density at radius 3 is 3.11 bits per heavy atom. The molecule has 0 bridgehead atoms. The van der Waals surface area contributed by atoms with E-state index < -0.39 is 12.1 Å². The van der Waals surface area contributed by atoms with Gasteiger partial charge in [0.15, 0.2) is 6.10 Å². The highest BCUT2D eigenvalue weighted by Crippen LogP contribution is 2.13. The Hall–Kier alpha value is -1.40. The van der Waals surface area contributed by atoms with Crippen molar-refractivity contribution in [3.8, 4) is 0 Å². The van der Waals surface area contributed by atoms with Gasteiger partial charge in [0.1, 0.15) is 0 Å². The zero-order valence-electron chi connectivity index (χ0n) is 10.8. The smallest absolute Gasteiger partial charge is 0.336 e. The van der Waals surface area contributed by atoms with E-state index in [1.165, 1.54) is 12.0 Å². The molecular formula is C13H17NO4S. The van der Waals surface area contributed by atoms with E-state index in [0.29, 0.717) is 19.6 Å². The second-order valence-corrected chi connectivity index (χ2v) is 5.33. The molecule has 0 spiro atoms. The molecule has 1 saturated heterocycles. The lowest BCUT2D eigenvalue weighted by Gasteiger charge is -2.31. The van der Waals surface area contributed by atoms with Crippen molar-refractivity contribution >= 4 is 23.2 Å². The van der Waals surface area contributed by atoms with Crippen LogP contribution < -0.4 is 0 Å². The molecule has 1 atom stereocenters. The summed E-state index contributed by atoms with van der Waals surface area (Å²) in [6.45, 7) is 1.21. The number of ether oxygens (including phenoxy) is 2. The number of carbonyl (C=O) groups is 2. The Labute approximate surface area is 116 Å². The number of amides is 1. The predicted molar refractivity (Wildman–Crippen MR) is 71.0 cm³/mol. The van der Waals surface area contributed by atoms with Crippen LogP contribution in [-0.4, -0.2) is 49.7 Å². The molecule has 2 rings (SSSR count). The molecule has 1 aromatic rings. The lowest BCUT2D eigenvalue weighted by molar-refractivity contribution is -0.162. The fraction of sp³-hybridized carbons (Fsp3) is 0.538.